The number of primary amides is 1. The van der Waals surface area contributed by atoms with Crippen LogP contribution >= 0.6 is 0 Å². The summed E-state index contributed by atoms with van der Waals surface area (Å²) in [5.74, 6) is 0.153. The molecule has 0 aromatic heterocycles. The van der Waals surface area contributed by atoms with Crippen LogP contribution < -0.4 is 11.1 Å². The van der Waals surface area contributed by atoms with Gasteiger partial charge >= 0.3 is 6.01 Å². The van der Waals surface area contributed by atoms with Crippen molar-refractivity contribution in [3.63, 3.8) is 0 Å². The van der Waals surface area contributed by atoms with Gasteiger partial charge in [0.15, 0.2) is 6.04 Å². The van der Waals surface area contributed by atoms with Gasteiger partial charge in [0.2, 0.25) is 5.91 Å². The van der Waals surface area contributed by atoms with E-state index in [0.29, 0.717) is 32.0 Å². The van der Waals surface area contributed by atoms with Gasteiger partial charge in [0, 0.05) is 38.5 Å². The molecule has 206 valence electrons. The number of hydrogen-bond acceptors (Lipinski definition) is 6. The number of hydrogen-bond donors (Lipinski definition) is 3. The van der Waals surface area contributed by atoms with Crippen molar-refractivity contribution in [3.8, 4) is 0 Å². The van der Waals surface area contributed by atoms with E-state index in [1.54, 1.807) is 0 Å². The van der Waals surface area contributed by atoms with E-state index in [1.807, 2.05) is 11.5 Å². The molecule has 1 heterocycles. The maximum absolute atomic E-state index is 13.8. The molecule has 0 unspecified atom stereocenters. The highest BCUT2D eigenvalue weighted by molar-refractivity contribution is 5.81. The summed E-state index contributed by atoms with van der Waals surface area (Å²) in [6.45, 7) is 7.31. The first-order valence-corrected chi connectivity index (χ1v) is 14.1. The minimum absolute atomic E-state index is 0.0356. The molecular weight excluding hydrogens is 456 g/mol. The SMILES string of the molecule is CCN=C=[N+](CCCN(C)C)[C@@H](CC1CCCCC1)C(=O)N[C@H]1CC[C@@H](C)N(CCC(N)=O)C[C@@H]1O. The lowest BCUT2D eigenvalue weighted by Crippen LogP contribution is -2.52. The van der Waals surface area contributed by atoms with Crippen molar-refractivity contribution in [1.29, 1.82) is 0 Å². The zero-order chi connectivity index (χ0) is 26.5. The molecule has 0 aromatic rings. The molecule has 9 heteroatoms. The van der Waals surface area contributed by atoms with Crippen LogP contribution in [0.2, 0.25) is 0 Å². The van der Waals surface area contributed by atoms with Crippen LogP contribution in [0.15, 0.2) is 4.99 Å². The molecule has 2 rings (SSSR count). The molecule has 4 N–H and O–H groups in total. The lowest BCUT2D eigenvalue weighted by atomic mass is 9.84. The molecule has 1 saturated heterocycles. The number of nitrogens with one attached hydrogen (secondary N) is 1. The number of aliphatic hydroxyl groups is 1. The number of carbonyl (C=O) groups excluding carboxylic acids is 2. The maximum atomic E-state index is 13.8. The molecule has 36 heavy (non-hydrogen) atoms. The van der Waals surface area contributed by atoms with Crippen LogP contribution in [-0.4, -0.2) is 108 Å². The molecule has 2 fully saturated rings. The number of amides is 2. The molecule has 1 aliphatic heterocycles. The quantitative estimate of drug-likeness (QED) is 0.259. The molecule has 0 aromatic carbocycles. The van der Waals surface area contributed by atoms with Gasteiger partial charge in [-0.05, 0) is 58.1 Å². The van der Waals surface area contributed by atoms with Gasteiger partial charge in [-0.15, -0.1) is 0 Å². The van der Waals surface area contributed by atoms with Crippen molar-refractivity contribution in [3.05, 3.63) is 0 Å². The van der Waals surface area contributed by atoms with Gasteiger partial charge in [0.05, 0.1) is 18.7 Å². The number of β-amino-alcohol motifs (C(OH)–C–C–N with tert-alkyl or cyclic N) is 1. The molecule has 1 saturated carbocycles. The zero-order valence-corrected chi connectivity index (χ0v) is 23.1. The highest BCUT2D eigenvalue weighted by Gasteiger charge is 2.35. The fraction of sp³-hybridized carbons (Fsp3) is 0.889. The first kappa shape index (κ1) is 30.4. The van der Waals surface area contributed by atoms with Crippen LogP contribution in [0.25, 0.3) is 0 Å². The Morgan fingerprint density at radius 1 is 1.22 bits per heavy atom. The standard InChI is InChI=1S/C27H50N6O3/c1-5-29-20-33(16-9-15-31(3)4)24(18-22-10-7-6-8-11-22)27(36)30-23-13-12-21(2)32(19-25(23)34)17-14-26(28)35/h21-25,34H,5-19H2,1-4H3,(H2-,28,30,35,36)/p+1/t21-,23+,24+,25+/m1/s1. The molecular formula is C27H51N6O3+. The van der Waals surface area contributed by atoms with Crippen LogP contribution in [0, 0.1) is 5.92 Å². The van der Waals surface area contributed by atoms with Gasteiger partial charge in [-0.1, -0.05) is 32.1 Å². The topological polar surface area (TPSA) is 114 Å². The summed E-state index contributed by atoms with van der Waals surface area (Å²) in [4.78, 5) is 33.7. The Morgan fingerprint density at radius 3 is 2.58 bits per heavy atom. The highest BCUT2D eigenvalue weighted by Crippen LogP contribution is 2.28. The Kier molecular flexibility index (Phi) is 13.6. The Labute approximate surface area is 218 Å². The summed E-state index contributed by atoms with van der Waals surface area (Å²) in [5.41, 5.74) is 5.34. The number of carbonyl (C=O) groups is 2. The third kappa shape index (κ3) is 10.7. The van der Waals surface area contributed by atoms with E-state index in [4.69, 9.17) is 5.73 Å². The second-order valence-corrected chi connectivity index (χ2v) is 11.0. The normalized spacial score (nSPS) is 24.6. The van der Waals surface area contributed by atoms with Gasteiger partial charge in [0.1, 0.15) is 6.54 Å². The van der Waals surface area contributed by atoms with Crippen molar-refractivity contribution in [2.75, 3.05) is 46.8 Å². The molecule has 2 aliphatic rings. The van der Waals surface area contributed by atoms with E-state index in [-0.39, 0.29) is 36.4 Å². The zero-order valence-electron chi connectivity index (χ0n) is 23.1. The average Bonchev–Trinajstić information content (AvgIpc) is 2.97. The minimum Gasteiger partial charge on any atom is -0.390 e. The molecule has 9 nitrogen and oxygen atoms in total. The minimum atomic E-state index is -0.697. The molecule has 0 bridgehead atoms. The largest absolute Gasteiger partial charge is 0.390 e. The molecule has 4 atom stereocenters. The van der Waals surface area contributed by atoms with Gasteiger partial charge < -0.3 is 21.1 Å². The Balaban J connectivity index is 2.17. The Morgan fingerprint density at radius 2 is 1.94 bits per heavy atom. The van der Waals surface area contributed by atoms with E-state index in [9.17, 15) is 14.7 Å². The predicted molar refractivity (Wildman–Crippen MR) is 143 cm³/mol. The van der Waals surface area contributed by atoms with Gasteiger partial charge in [-0.3, -0.25) is 14.5 Å². The molecule has 0 spiro atoms. The number of aliphatic hydroxyl groups excluding tert-OH is 1. The van der Waals surface area contributed by atoms with Crippen LogP contribution in [0.4, 0.5) is 0 Å². The average molecular weight is 508 g/mol. The van der Waals surface area contributed by atoms with Gasteiger partial charge in [-0.25, -0.2) is 4.58 Å². The first-order valence-electron chi connectivity index (χ1n) is 14.1. The smallest absolute Gasteiger partial charge is 0.307 e. The monoisotopic (exact) mass is 507 g/mol. The summed E-state index contributed by atoms with van der Waals surface area (Å²) >= 11 is 0. The maximum Gasteiger partial charge on any atom is 0.307 e. The summed E-state index contributed by atoms with van der Waals surface area (Å²) in [6, 6.07) is 2.73. The molecule has 2 amide bonds. The van der Waals surface area contributed by atoms with Crippen LogP contribution in [0.5, 0.6) is 0 Å². The van der Waals surface area contributed by atoms with Crippen molar-refractivity contribution in [2.24, 2.45) is 16.6 Å². The molecule has 0 radical (unpaired) electrons. The van der Waals surface area contributed by atoms with E-state index < -0.39 is 6.10 Å². The van der Waals surface area contributed by atoms with Crippen LogP contribution in [0.3, 0.4) is 0 Å². The first-order chi connectivity index (χ1) is 17.2. The van der Waals surface area contributed by atoms with Gasteiger partial charge in [0.25, 0.3) is 5.91 Å². The number of nitrogens with zero attached hydrogens (tertiary/aromatic N) is 4. The van der Waals surface area contributed by atoms with Crippen molar-refractivity contribution in [1.82, 2.24) is 15.1 Å². The van der Waals surface area contributed by atoms with E-state index in [2.05, 4.69) is 47.1 Å². The number of rotatable bonds is 13. The van der Waals surface area contributed by atoms with E-state index in [1.165, 1.54) is 32.1 Å². The third-order valence-corrected chi connectivity index (χ3v) is 7.70. The second kappa shape index (κ2) is 16.1. The Bertz CT molecular complexity index is 746. The third-order valence-electron chi connectivity index (χ3n) is 7.70. The summed E-state index contributed by atoms with van der Waals surface area (Å²) in [6.07, 6.45) is 8.90. The van der Waals surface area contributed by atoms with E-state index >= 15 is 0 Å². The van der Waals surface area contributed by atoms with Gasteiger partial charge in [-0.2, -0.15) is 0 Å². The van der Waals surface area contributed by atoms with Crippen molar-refractivity contribution >= 4 is 17.8 Å². The van der Waals surface area contributed by atoms with Crippen LogP contribution in [-0.2, 0) is 9.59 Å². The number of aliphatic imine (C=N–C) groups is 1. The fourth-order valence-corrected chi connectivity index (χ4v) is 5.46. The van der Waals surface area contributed by atoms with Crippen molar-refractivity contribution < 1.29 is 19.3 Å². The second-order valence-electron chi connectivity index (χ2n) is 11.0. The number of likely N-dealkylation sites (tertiary alicyclic amines) is 1. The van der Waals surface area contributed by atoms with Crippen molar-refractivity contribution in [2.45, 2.75) is 102 Å². The fourth-order valence-electron chi connectivity index (χ4n) is 5.46. The summed E-state index contributed by atoms with van der Waals surface area (Å²) in [5, 5.41) is 14.2. The molecule has 1 aliphatic carbocycles. The lowest BCUT2D eigenvalue weighted by Gasteiger charge is -2.29. The number of nitrogens with two attached hydrogens (primary N) is 1. The van der Waals surface area contributed by atoms with Crippen LogP contribution in [0.1, 0.15) is 78.1 Å². The lowest BCUT2D eigenvalue weighted by molar-refractivity contribution is -0.549. The summed E-state index contributed by atoms with van der Waals surface area (Å²) < 4.78 is 2.02. The summed E-state index contributed by atoms with van der Waals surface area (Å²) in [7, 11) is 4.11. The predicted octanol–water partition coefficient (Wildman–Crippen LogP) is 1.69. The Hall–Kier alpha value is -1.80. The van der Waals surface area contributed by atoms with E-state index in [0.717, 1.165) is 32.4 Å². The highest BCUT2D eigenvalue weighted by atomic mass is 16.3.